The first kappa shape index (κ1) is 17.9. The Labute approximate surface area is 145 Å². The molecule has 0 amide bonds. The molecule has 2 aromatic rings. The van der Waals surface area contributed by atoms with E-state index in [0.717, 1.165) is 23.4 Å². The zero-order chi connectivity index (χ0) is 17.7. The number of aryl methyl sites for hydroxylation is 1. The summed E-state index contributed by atoms with van der Waals surface area (Å²) in [6.45, 7) is 14.4. The Kier molecular flexibility index (Phi) is 5.91. The molecule has 1 heterocycles. The Bertz CT molecular complexity index is 765. The molecule has 126 valence electrons. The van der Waals surface area contributed by atoms with E-state index in [9.17, 15) is 0 Å². The minimum atomic E-state index is 0.367. The van der Waals surface area contributed by atoms with E-state index in [1.165, 1.54) is 23.1 Å². The number of aromatic nitrogens is 3. The molecule has 1 unspecified atom stereocenters. The van der Waals surface area contributed by atoms with Crippen molar-refractivity contribution in [3.63, 3.8) is 0 Å². The van der Waals surface area contributed by atoms with Gasteiger partial charge in [0.2, 0.25) is 0 Å². The van der Waals surface area contributed by atoms with Crippen molar-refractivity contribution in [2.45, 2.75) is 33.6 Å². The first-order valence-electron chi connectivity index (χ1n) is 8.56. The van der Waals surface area contributed by atoms with Crippen LogP contribution >= 0.6 is 0 Å². The lowest BCUT2D eigenvalue weighted by Gasteiger charge is -2.22. The summed E-state index contributed by atoms with van der Waals surface area (Å²) in [4.78, 5) is 0. The first-order valence-corrected chi connectivity index (χ1v) is 8.56. The van der Waals surface area contributed by atoms with Gasteiger partial charge in [0.15, 0.2) is 0 Å². The van der Waals surface area contributed by atoms with Gasteiger partial charge in [-0.2, -0.15) is 0 Å². The smallest absolute Gasteiger partial charge is 0.121 e. The highest BCUT2D eigenvalue weighted by atomic mass is 15.4. The fraction of sp³-hybridized carbons (Fsp3) is 0.333. The molecule has 3 rings (SSSR count). The summed E-state index contributed by atoms with van der Waals surface area (Å²) in [7, 11) is 1.93. The molecule has 0 saturated carbocycles. The molecular weight excluding hydrogens is 294 g/mol. The number of rotatable bonds is 2. The Morgan fingerprint density at radius 1 is 1.21 bits per heavy atom. The largest absolute Gasteiger partial charge is 0.247 e. The van der Waals surface area contributed by atoms with Crippen LogP contribution in [-0.4, -0.2) is 15.0 Å². The van der Waals surface area contributed by atoms with Crippen molar-refractivity contribution in [2.75, 3.05) is 0 Å². The Hall–Kier alpha value is -2.42. The third-order valence-corrected chi connectivity index (χ3v) is 4.15. The lowest BCUT2D eigenvalue weighted by atomic mass is 9.83. The van der Waals surface area contributed by atoms with Crippen molar-refractivity contribution in [3.8, 4) is 11.3 Å². The van der Waals surface area contributed by atoms with Crippen molar-refractivity contribution in [2.24, 2.45) is 13.0 Å². The molecule has 0 radical (unpaired) electrons. The summed E-state index contributed by atoms with van der Waals surface area (Å²) in [6, 6.07) is 8.47. The van der Waals surface area contributed by atoms with E-state index in [1.807, 2.05) is 23.9 Å². The van der Waals surface area contributed by atoms with E-state index in [2.05, 4.69) is 68.5 Å². The minimum Gasteiger partial charge on any atom is -0.247 e. The SMILES string of the molecule is C=C/C1=C(\C=C)C(C)Cc2ccccc2-c2c1nnn2C.CCC. The number of hydrogen-bond acceptors (Lipinski definition) is 2. The van der Waals surface area contributed by atoms with Gasteiger partial charge >= 0.3 is 0 Å². The molecule has 0 fully saturated rings. The molecule has 3 nitrogen and oxygen atoms in total. The molecular formula is C21H27N3. The van der Waals surface area contributed by atoms with Crippen molar-refractivity contribution in [1.82, 2.24) is 15.0 Å². The Balaban J connectivity index is 0.000000647. The standard InChI is InChI=1S/C18H19N3.C3H8/c1-5-14-12(3)11-13-9-7-8-10-16(13)18-17(15(14)6-2)19-20-21(18)4;1-3-2/h5-10,12H,1-2,11H2,3-4H3;3H2,1-2H3/b15-14-;. The van der Waals surface area contributed by atoms with Gasteiger partial charge < -0.3 is 0 Å². The summed E-state index contributed by atoms with van der Waals surface area (Å²) in [5.74, 6) is 0.367. The van der Waals surface area contributed by atoms with E-state index in [4.69, 9.17) is 0 Å². The molecule has 3 heteroatoms. The summed E-state index contributed by atoms with van der Waals surface area (Å²) in [5, 5.41) is 8.60. The second kappa shape index (κ2) is 7.91. The maximum Gasteiger partial charge on any atom is 0.121 e. The number of fused-ring (bicyclic) bond motifs is 3. The summed E-state index contributed by atoms with van der Waals surface area (Å²) in [6.07, 6.45) is 6.02. The van der Waals surface area contributed by atoms with Gasteiger partial charge in [-0.15, -0.1) is 5.10 Å². The first-order chi connectivity index (χ1) is 11.6. The van der Waals surface area contributed by atoms with Crippen LogP contribution in [0.1, 0.15) is 38.4 Å². The van der Waals surface area contributed by atoms with Crippen LogP contribution in [0.5, 0.6) is 0 Å². The van der Waals surface area contributed by atoms with Crippen LogP contribution in [0.25, 0.3) is 16.8 Å². The fourth-order valence-electron chi connectivity index (χ4n) is 3.14. The monoisotopic (exact) mass is 321 g/mol. The molecule has 1 aromatic heterocycles. The topological polar surface area (TPSA) is 30.7 Å². The van der Waals surface area contributed by atoms with Crippen LogP contribution in [0.4, 0.5) is 0 Å². The van der Waals surface area contributed by atoms with Crippen LogP contribution in [-0.2, 0) is 13.5 Å². The molecule has 24 heavy (non-hydrogen) atoms. The Morgan fingerprint density at radius 2 is 1.88 bits per heavy atom. The summed E-state index contributed by atoms with van der Waals surface area (Å²) in [5.41, 5.74) is 6.68. The van der Waals surface area contributed by atoms with Gasteiger partial charge in [0.05, 0.1) is 5.69 Å². The fourth-order valence-corrected chi connectivity index (χ4v) is 3.14. The lowest BCUT2D eigenvalue weighted by molar-refractivity contribution is 0.693. The van der Waals surface area contributed by atoms with E-state index >= 15 is 0 Å². The highest BCUT2D eigenvalue weighted by molar-refractivity contribution is 5.86. The normalized spacial score (nSPS) is 19.1. The highest BCUT2D eigenvalue weighted by Crippen LogP contribution is 2.38. The predicted molar refractivity (Wildman–Crippen MR) is 103 cm³/mol. The second-order valence-electron chi connectivity index (χ2n) is 6.16. The zero-order valence-corrected chi connectivity index (χ0v) is 15.2. The van der Waals surface area contributed by atoms with Gasteiger partial charge in [-0.1, -0.05) is 82.0 Å². The van der Waals surface area contributed by atoms with Crippen LogP contribution in [0.15, 0.2) is 55.1 Å². The van der Waals surface area contributed by atoms with Crippen LogP contribution in [0.2, 0.25) is 0 Å². The summed E-state index contributed by atoms with van der Waals surface area (Å²) < 4.78 is 1.84. The third kappa shape index (κ3) is 3.25. The van der Waals surface area contributed by atoms with Crippen molar-refractivity contribution in [3.05, 3.63) is 66.4 Å². The van der Waals surface area contributed by atoms with E-state index < -0.39 is 0 Å². The average Bonchev–Trinajstić information content (AvgIpc) is 2.93. The highest BCUT2D eigenvalue weighted by Gasteiger charge is 2.24. The van der Waals surface area contributed by atoms with E-state index in [0.29, 0.717) is 5.92 Å². The quantitative estimate of drug-likeness (QED) is 0.759. The van der Waals surface area contributed by atoms with Gasteiger partial charge in [0, 0.05) is 18.2 Å². The van der Waals surface area contributed by atoms with Gasteiger partial charge in [0.25, 0.3) is 0 Å². The number of nitrogens with zero attached hydrogens (tertiary/aromatic N) is 3. The lowest BCUT2D eigenvalue weighted by Crippen LogP contribution is -2.10. The average molecular weight is 321 g/mol. The van der Waals surface area contributed by atoms with Crippen LogP contribution < -0.4 is 0 Å². The van der Waals surface area contributed by atoms with Crippen LogP contribution in [0, 0.1) is 5.92 Å². The second-order valence-corrected chi connectivity index (χ2v) is 6.16. The van der Waals surface area contributed by atoms with Gasteiger partial charge in [-0.05, 0) is 23.5 Å². The van der Waals surface area contributed by atoms with Crippen molar-refractivity contribution in [1.29, 1.82) is 0 Å². The summed E-state index contributed by atoms with van der Waals surface area (Å²) >= 11 is 0. The Morgan fingerprint density at radius 3 is 2.50 bits per heavy atom. The van der Waals surface area contributed by atoms with Crippen molar-refractivity contribution < 1.29 is 0 Å². The van der Waals surface area contributed by atoms with Gasteiger partial charge in [-0.25, -0.2) is 4.68 Å². The van der Waals surface area contributed by atoms with E-state index in [-0.39, 0.29) is 0 Å². The predicted octanol–water partition coefficient (Wildman–Crippen LogP) is 5.22. The minimum absolute atomic E-state index is 0.367. The molecule has 1 aliphatic carbocycles. The van der Waals surface area contributed by atoms with Crippen LogP contribution in [0.3, 0.4) is 0 Å². The van der Waals surface area contributed by atoms with Gasteiger partial charge in [0.1, 0.15) is 5.69 Å². The van der Waals surface area contributed by atoms with Gasteiger partial charge in [-0.3, -0.25) is 0 Å². The zero-order valence-electron chi connectivity index (χ0n) is 15.2. The molecule has 0 N–H and O–H groups in total. The number of allylic oxidation sites excluding steroid dienone is 4. The molecule has 0 bridgehead atoms. The molecule has 1 aromatic carbocycles. The maximum absolute atomic E-state index is 4.38. The number of hydrogen-bond donors (Lipinski definition) is 0. The molecule has 0 spiro atoms. The molecule has 1 aliphatic rings. The molecule has 0 saturated heterocycles. The van der Waals surface area contributed by atoms with E-state index in [1.54, 1.807) is 0 Å². The van der Waals surface area contributed by atoms with Crippen molar-refractivity contribution >= 4 is 5.57 Å². The molecule has 1 atom stereocenters. The maximum atomic E-state index is 4.38. The third-order valence-electron chi connectivity index (χ3n) is 4.15. The molecule has 0 aliphatic heterocycles. The number of benzene rings is 1.